The molecule has 1 heterocycles. The Morgan fingerprint density at radius 1 is 1.19 bits per heavy atom. The van der Waals surface area contributed by atoms with Crippen LogP contribution < -0.4 is 5.32 Å². The van der Waals surface area contributed by atoms with Gasteiger partial charge in [-0.2, -0.15) is 13.2 Å². The summed E-state index contributed by atoms with van der Waals surface area (Å²) in [7, 11) is 0. The highest BCUT2D eigenvalue weighted by molar-refractivity contribution is 5.82. The monoisotopic (exact) mass is 310 g/mol. The second-order valence-corrected chi connectivity index (χ2v) is 5.20. The molecule has 0 aliphatic carbocycles. The lowest BCUT2D eigenvalue weighted by Gasteiger charge is -2.27. The summed E-state index contributed by atoms with van der Waals surface area (Å²) in [5.41, 5.74) is 0. The third kappa shape index (κ3) is 6.68. The van der Waals surface area contributed by atoms with Crippen LogP contribution in [0.25, 0.3) is 0 Å². The zero-order valence-corrected chi connectivity index (χ0v) is 11.8. The Balaban J connectivity index is 2.36. The smallest absolute Gasteiger partial charge is 0.389 e. The van der Waals surface area contributed by atoms with Crippen molar-refractivity contribution in [2.75, 3.05) is 13.1 Å². The van der Waals surface area contributed by atoms with Gasteiger partial charge in [-0.05, 0) is 25.7 Å². The van der Waals surface area contributed by atoms with Crippen molar-refractivity contribution in [3.05, 3.63) is 0 Å². The number of hydrogen-bond donors (Lipinski definition) is 2. The van der Waals surface area contributed by atoms with Gasteiger partial charge in [0.05, 0.1) is 0 Å². The Morgan fingerprint density at radius 2 is 1.90 bits per heavy atom. The van der Waals surface area contributed by atoms with Gasteiger partial charge in [-0.25, -0.2) is 9.59 Å². The normalized spacial score (nSPS) is 20.0. The highest BCUT2D eigenvalue weighted by Crippen LogP contribution is 2.22. The summed E-state index contributed by atoms with van der Waals surface area (Å²) >= 11 is 0. The van der Waals surface area contributed by atoms with E-state index in [-0.39, 0.29) is 19.4 Å². The number of hydrogen-bond acceptors (Lipinski definition) is 2. The minimum Gasteiger partial charge on any atom is -0.480 e. The van der Waals surface area contributed by atoms with Crippen LogP contribution in [-0.4, -0.2) is 47.3 Å². The molecule has 1 rings (SSSR count). The first kappa shape index (κ1) is 17.6. The number of carbonyl (C=O) groups is 2. The van der Waals surface area contributed by atoms with Crippen molar-refractivity contribution in [1.82, 2.24) is 10.2 Å². The van der Waals surface area contributed by atoms with Gasteiger partial charge in [-0.1, -0.05) is 12.8 Å². The maximum atomic E-state index is 12.0. The van der Waals surface area contributed by atoms with Gasteiger partial charge in [-0.15, -0.1) is 0 Å². The zero-order valence-electron chi connectivity index (χ0n) is 11.8. The fourth-order valence-corrected chi connectivity index (χ4v) is 2.36. The lowest BCUT2D eigenvalue weighted by Crippen LogP contribution is -2.49. The number of halogens is 3. The molecule has 0 spiro atoms. The highest BCUT2D eigenvalue weighted by atomic mass is 19.4. The molecule has 0 aromatic heterocycles. The number of alkyl halides is 3. The van der Waals surface area contributed by atoms with Gasteiger partial charge in [0.15, 0.2) is 0 Å². The Morgan fingerprint density at radius 3 is 2.52 bits per heavy atom. The minimum absolute atomic E-state index is 0.0495. The van der Waals surface area contributed by atoms with Gasteiger partial charge >= 0.3 is 18.2 Å². The van der Waals surface area contributed by atoms with E-state index in [2.05, 4.69) is 5.32 Å². The van der Waals surface area contributed by atoms with Crippen molar-refractivity contribution in [3.8, 4) is 0 Å². The molecule has 1 atom stereocenters. The number of rotatable bonds is 5. The molecule has 1 unspecified atom stereocenters. The number of urea groups is 1. The predicted molar refractivity (Wildman–Crippen MR) is 69.9 cm³/mol. The summed E-state index contributed by atoms with van der Waals surface area (Å²) < 4.78 is 35.9. The van der Waals surface area contributed by atoms with E-state index in [0.717, 1.165) is 19.3 Å². The van der Waals surface area contributed by atoms with Gasteiger partial charge in [0.2, 0.25) is 0 Å². The average Bonchev–Trinajstić information content (AvgIpc) is 2.62. The predicted octanol–water partition coefficient (Wildman–Crippen LogP) is 2.76. The first-order valence-electron chi connectivity index (χ1n) is 7.15. The highest BCUT2D eigenvalue weighted by Gasteiger charge is 2.30. The van der Waals surface area contributed by atoms with Gasteiger partial charge in [0.25, 0.3) is 0 Å². The van der Waals surface area contributed by atoms with E-state index in [1.165, 1.54) is 4.90 Å². The van der Waals surface area contributed by atoms with E-state index < -0.39 is 30.6 Å². The number of carboxylic acids is 1. The largest absolute Gasteiger partial charge is 0.480 e. The van der Waals surface area contributed by atoms with E-state index in [0.29, 0.717) is 13.0 Å². The number of nitrogens with one attached hydrogen (secondary N) is 1. The molecular formula is C13H21F3N2O3. The SMILES string of the molecule is O=C(O)C1CCCCCN1C(=O)NCCCCC(F)(F)F. The molecule has 2 amide bonds. The Bertz CT molecular complexity index is 361. The molecule has 0 bridgehead atoms. The minimum atomic E-state index is -4.18. The maximum Gasteiger partial charge on any atom is 0.389 e. The number of likely N-dealkylation sites (tertiary alicyclic amines) is 1. The van der Waals surface area contributed by atoms with Crippen LogP contribution in [0.1, 0.15) is 44.9 Å². The quantitative estimate of drug-likeness (QED) is 0.767. The van der Waals surface area contributed by atoms with Crippen molar-refractivity contribution in [2.45, 2.75) is 57.2 Å². The van der Waals surface area contributed by atoms with Crippen molar-refractivity contribution < 1.29 is 27.9 Å². The Kier molecular flexibility index (Phi) is 6.77. The zero-order chi connectivity index (χ0) is 15.9. The number of aliphatic carboxylic acids is 1. The van der Waals surface area contributed by atoms with Crippen LogP contribution in [0.2, 0.25) is 0 Å². The summed E-state index contributed by atoms with van der Waals surface area (Å²) in [5.74, 6) is -1.04. The molecule has 1 fully saturated rings. The summed E-state index contributed by atoms with van der Waals surface area (Å²) in [6.07, 6.45) is -2.09. The van der Waals surface area contributed by atoms with Gasteiger partial charge in [0, 0.05) is 19.5 Å². The second-order valence-electron chi connectivity index (χ2n) is 5.20. The van der Waals surface area contributed by atoms with Gasteiger partial charge in [-0.3, -0.25) is 0 Å². The molecule has 1 aliphatic heterocycles. The summed E-state index contributed by atoms with van der Waals surface area (Å²) in [5, 5.41) is 11.6. The van der Waals surface area contributed by atoms with Crippen molar-refractivity contribution in [1.29, 1.82) is 0 Å². The molecule has 21 heavy (non-hydrogen) atoms. The van der Waals surface area contributed by atoms with Crippen LogP contribution in [0.3, 0.4) is 0 Å². The molecule has 1 aliphatic rings. The van der Waals surface area contributed by atoms with E-state index in [1.807, 2.05) is 0 Å². The number of nitrogens with zero attached hydrogens (tertiary/aromatic N) is 1. The number of amides is 2. The van der Waals surface area contributed by atoms with Crippen LogP contribution in [0, 0.1) is 0 Å². The van der Waals surface area contributed by atoms with E-state index in [9.17, 15) is 22.8 Å². The van der Waals surface area contributed by atoms with Gasteiger partial charge in [0.1, 0.15) is 6.04 Å². The summed E-state index contributed by atoms with van der Waals surface area (Å²) in [6, 6.07) is -1.35. The van der Waals surface area contributed by atoms with Crippen LogP contribution in [0.5, 0.6) is 0 Å². The fourth-order valence-electron chi connectivity index (χ4n) is 2.36. The van der Waals surface area contributed by atoms with Crippen LogP contribution >= 0.6 is 0 Å². The van der Waals surface area contributed by atoms with E-state index in [1.54, 1.807) is 0 Å². The van der Waals surface area contributed by atoms with E-state index >= 15 is 0 Å². The second kappa shape index (κ2) is 8.09. The number of carbonyl (C=O) groups excluding carboxylic acids is 1. The number of unbranched alkanes of at least 4 members (excludes halogenated alkanes) is 1. The molecule has 8 heteroatoms. The van der Waals surface area contributed by atoms with Crippen LogP contribution in [-0.2, 0) is 4.79 Å². The lowest BCUT2D eigenvalue weighted by atomic mass is 10.1. The topological polar surface area (TPSA) is 69.6 Å². The van der Waals surface area contributed by atoms with Crippen LogP contribution in [0.4, 0.5) is 18.0 Å². The standard InChI is InChI=1S/C13H21F3N2O3/c14-13(15,16)7-3-4-8-17-12(21)18-9-5-1-2-6-10(18)11(19)20/h10H,1-9H2,(H,17,21)(H,19,20). The molecule has 0 aromatic rings. The van der Waals surface area contributed by atoms with Gasteiger partial charge < -0.3 is 15.3 Å². The molecule has 122 valence electrons. The molecule has 5 nitrogen and oxygen atoms in total. The summed E-state index contributed by atoms with van der Waals surface area (Å²) in [6.45, 7) is 0.489. The molecule has 0 saturated carbocycles. The molecule has 0 radical (unpaired) electrons. The third-order valence-corrected chi connectivity index (χ3v) is 3.46. The Labute approximate surface area is 121 Å². The van der Waals surface area contributed by atoms with Crippen molar-refractivity contribution in [3.63, 3.8) is 0 Å². The maximum absolute atomic E-state index is 12.0. The van der Waals surface area contributed by atoms with Crippen molar-refractivity contribution in [2.24, 2.45) is 0 Å². The Hall–Kier alpha value is -1.47. The molecular weight excluding hydrogens is 289 g/mol. The lowest BCUT2D eigenvalue weighted by molar-refractivity contribution is -0.142. The first-order valence-corrected chi connectivity index (χ1v) is 7.15. The fraction of sp³-hybridized carbons (Fsp3) is 0.846. The number of carboxylic acid groups (broad SMARTS) is 1. The molecule has 0 aromatic carbocycles. The summed E-state index contributed by atoms with van der Waals surface area (Å²) in [4.78, 5) is 24.4. The average molecular weight is 310 g/mol. The van der Waals surface area contributed by atoms with E-state index in [4.69, 9.17) is 5.11 Å². The third-order valence-electron chi connectivity index (χ3n) is 3.46. The van der Waals surface area contributed by atoms with Crippen LogP contribution in [0.15, 0.2) is 0 Å². The first-order chi connectivity index (χ1) is 9.81. The molecule has 2 N–H and O–H groups in total. The van der Waals surface area contributed by atoms with Crippen molar-refractivity contribution >= 4 is 12.0 Å². The molecule has 1 saturated heterocycles.